The number of fused-ring (bicyclic) bond motifs is 1. The predicted octanol–water partition coefficient (Wildman–Crippen LogP) is 4.30. The summed E-state index contributed by atoms with van der Waals surface area (Å²) in [4.78, 5) is 29.8. The van der Waals surface area contributed by atoms with Crippen LogP contribution in [0.2, 0.25) is 4.34 Å². The van der Waals surface area contributed by atoms with Gasteiger partial charge in [-0.1, -0.05) is 29.8 Å². The Bertz CT molecular complexity index is 1520. The average Bonchev–Trinajstić information content (AvgIpc) is 3.16. The van der Waals surface area contributed by atoms with Crippen LogP contribution < -0.4 is 5.56 Å². The van der Waals surface area contributed by atoms with Gasteiger partial charge in [0.15, 0.2) is 15.6 Å². The van der Waals surface area contributed by atoms with Gasteiger partial charge in [0.25, 0.3) is 5.56 Å². The van der Waals surface area contributed by atoms with E-state index in [-0.39, 0.29) is 16.2 Å². The van der Waals surface area contributed by atoms with Crippen molar-refractivity contribution in [1.82, 2.24) is 9.55 Å². The Hall–Kier alpha value is -2.81. The molecule has 0 spiro atoms. The predicted molar refractivity (Wildman–Crippen MR) is 127 cm³/mol. The number of ketones is 1. The third-order valence-electron chi connectivity index (χ3n) is 5.04. The zero-order valence-electron chi connectivity index (χ0n) is 17.3. The Morgan fingerprint density at radius 3 is 2.56 bits per heavy atom. The van der Waals surface area contributed by atoms with Crippen LogP contribution in [-0.2, 0) is 21.1 Å². The molecule has 9 heteroatoms. The summed E-state index contributed by atoms with van der Waals surface area (Å²) < 4.78 is 26.7. The van der Waals surface area contributed by atoms with Crippen molar-refractivity contribution in [2.24, 2.45) is 0 Å². The summed E-state index contributed by atoms with van der Waals surface area (Å²) in [6.45, 7) is 3.77. The molecule has 0 radical (unpaired) electrons. The van der Waals surface area contributed by atoms with Crippen LogP contribution in [0.3, 0.4) is 0 Å². The van der Waals surface area contributed by atoms with E-state index in [0.717, 1.165) is 22.5 Å². The first-order valence-electron chi connectivity index (χ1n) is 9.72. The van der Waals surface area contributed by atoms with E-state index in [4.69, 9.17) is 11.6 Å². The number of nitrogens with zero attached hydrogens (tertiary/aromatic N) is 2. The molecule has 2 aromatic carbocycles. The number of hydrogen-bond donors (Lipinski definition) is 0. The van der Waals surface area contributed by atoms with Crippen LogP contribution in [0.25, 0.3) is 16.6 Å². The minimum Gasteiger partial charge on any atom is -0.298 e. The van der Waals surface area contributed by atoms with Crippen molar-refractivity contribution >= 4 is 49.5 Å². The Kier molecular flexibility index (Phi) is 6.03. The lowest BCUT2D eigenvalue weighted by Gasteiger charge is -2.11. The molecule has 4 rings (SSSR count). The fourth-order valence-corrected chi connectivity index (χ4v) is 6.34. The molecule has 4 aromatic rings. The van der Waals surface area contributed by atoms with E-state index in [9.17, 15) is 18.0 Å². The largest absolute Gasteiger partial charge is 0.298 e. The van der Waals surface area contributed by atoms with Crippen molar-refractivity contribution in [2.45, 2.75) is 24.5 Å². The summed E-state index contributed by atoms with van der Waals surface area (Å²) >= 11 is 6.74. The number of halogens is 1. The summed E-state index contributed by atoms with van der Waals surface area (Å²) in [5, 5.41) is 0.524. The van der Waals surface area contributed by atoms with Gasteiger partial charge in [0, 0.05) is 6.42 Å². The molecule has 0 amide bonds. The molecule has 0 saturated carbocycles. The fraction of sp³-hybridized carbons (Fsp3) is 0.174. The number of benzene rings is 2. The number of sulfone groups is 1. The molecule has 2 aromatic heterocycles. The zero-order valence-corrected chi connectivity index (χ0v) is 19.7. The number of aryl methyl sites for hydroxylation is 2. The molecule has 164 valence electrons. The fourth-order valence-electron chi connectivity index (χ4n) is 3.53. The van der Waals surface area contributed by atoms with Gasteiger partial charge in [0.2, 0.25) is 0 Å². The quantitative estimate of drug-likeness (QED) is 0.405. The van der Waals surface area contributed by atoms with E-state index in [2.05, 4.69) is 4.98 Å². The minimum atomic E-state index is -3.72. The molecule has 0 unspecified atom stereocenters. The van der Waals surface area contributed by atoms with Crippen molar-refractivity contribution in [3.63, 3.8) is 0 Å². The first kappa shape index (κ1) is 22.4. The lowest BCUT2D eigenvalue weighted by molar-refractivity contribution is -0.116. The molecular weight excluding hydrogens is 468 g/mol. The molecule has 0 aliphatic rings. The SMILES string of the molecule is Cc1ccc2c(=O)n(-c3ccc(CC(=O)CS(=O)(=O)c4ccc(Cl)s4)cc3C)cnc2c1. The normalized spacial score (nSPS) is 11.7. The molecule has 0 bridgehead atoms. The maximum absolute atomic E-state index is 12.9. The molecule has 0 atom stereocenters. The number of rotatable bonds is 6. The number of aromatic nitrogens is 2. The Morgan fingerprint density at radius 1 is 1.09 bits per heavy atom. The summed E-state index contributed by atoms with van der Waals surface area (Å²) in [7, 11) is -3.72. The molecule has 0 fully saturated rings. The van der Waals surface area contributed by atoms with E-state index in [1.807, 2.05) is 26.0 Å². The summed E-state index contributed by atoms with van der Waals surface area (Å²) in [5.74, 6) is -1.00. The Balaban J connectivity index is 1.57. The van der Waals surface area contributed by atoms with Crippen molar-refractivity contribution in [3.8, 4) is 5.69 Å². The standard InChI is InChI=1S/C23H19ClN2O4S2/c1-14-3-5-18-19(9-14)25-13-26(23(18)28)20-6-4-16(10-15(20)2)11-17(27)12-32(29,30)22-8-7-21(24)31-22/h3-10,13H,11-12H2,1-2H3. The highest BCUT2D eigenvalue weighted by atomic mass is 35.5. The van der Waals surface area contributed by atoms with Gasteiger partial charge in [0.05, 0.1) is 20.9 Å². The molecule has 0 N–H and O–H groups in total. The van der Waals surface area contributed by atoms with Crippen LogP contribution in [0.15, 0.2) is 63.9 Å². The first-order valence-corrected chi connectivity index (χ1v) is 12.6. The van der Waals surface area contributed by atoms with E-state index >= 15 is 0 Å². The van der Waals surface area contributed by atoms with Gasteiger partial charge in [-0.3, -0.25) is 14.2 Å². The van der Waals surface area contributed by atoms with Crippen LogP contribution in [-0.4, -0.2) is 29.5 Å². The smallest absolute Gasteiger partial charge is 0.265 e. The Morgan fingerprint density at radius 2 is 1.88 bits per heavy atom. The maximum Gasteiger partial charge on any atom is 0.265 e. The van der Waals surface area contributed by atoms with Crippen LogP contribution in [0.5, 0.6) is 0 Å². The first-order chi connectivity index (χ1) is 15.1. The molecular formula is C23H19ClN2O4S2. The molecule has 2 heterocycles. The van der Waals surface area contributed by atoms with Gasteiger partial charge >= 0.3 is 0 Å². The lowest BCUT2D eigenvalue weighted by atomic mass is 10.1. The topological polar surface area (TPSA) is 86.1 Å². The van der Waals surface area contributed by atoms with Crippen LogP contribution in [0, 0.1) is 13.8 Å². The molecule has 0 aliphatic heterocycles. The van der Waals surface area contributed by atoms with Gasteiger partial charge in [-0.15, -0.1) is 11.3 Å². The second kappa shape index (κ2) is 8.61. The molecule has 32 heavy (non-hydrogen) atoms. The molecule has 0 saturated heterocycles. The van der Waals surface area contributed by atoms with Crippen molar-refractivity contribution in [3.05, 3.63) is 86.2 Å². The minimum absolute atomic E-state index is 0.0242. The number of hydrogen-bond acceptors (Lipinski definition) is 6. The van der Waals surface area contributed by atoms with Crippen molar-refractivity contribution in [2.75, 3.05) is 5.75 Å². The zero-order chi connectivity index (χ0) is 23.0. The van der Waals surface area contributed by atoms with Gasteiger partial charge in [-0.05, 0) is 60.9 Å². The highest BCUT2D eigenvalue weighted by Gasteiger charge is 2.21. The van der Waals surface area contributed by atoms with Crippen LogP contribution in [0.1, 0.15) is 16.7 Å². The average molecular weight is 487 g/mol. The van der Waals surface area contributed by atoms with Gasteiger partial charge in [-0.25, -0.2) is 13.4 Å². The molecule has 0 aliphatic carbocycles. The highest BCUT2D eigenvalue weighted by molar-refractivity contribution is 7.94. The van der Waals surface area contributed by atoms with E-state index in [1.54, 1.807) is 24.3 Å². The highest BCUT2D eigenvalue weighted by Crippen LogP contribution is 2.26. The summed E-state index contributed by atoms with van der Waals surface area (Å²) in [6, 6.07) is 13.7. The second-order valence-corrected chi connectivity index (χ2v) is 11.5. The monoisotopic (exact) mass is 486 g/mol. The van der Waals surface area contributed by atoms with Gasteiger partial charge < -0.3 is 0 Å². The summed E-state index contributed by atoms with van der Waals surface area (Å²) in [6.07, 6.45) is 1.47. The van der Waals surface area contributed by atoms with Crippen molar-refractivity contribution in [1.29, 1.82) is 0 Å². The van der Waals surface area contributed by atoms with E-state index in [1.165, 1.54) is 23.0 Å². The number of thiophene rings is 1. The van der Waals surface area contributed by atoms with Crippen LogP contribution in [0.4, 0.5) is 0 Å². The van der Waals surface area contributed by atoms with Crippen LogP contribution >= 0.6 is 22.9 Å². The number of carbonyl (C=O) groups is 1. The van der Waals surface area contributed by atoms with Gasteiger partial charge in [0.1, 0.15) is 16.3 Å². The third-order valence-corrected chi connectivity index (χ3v) is 8.53. The number of carbonyl (C=O) groups excluding carboxylic acids is 1. The summed E-state index contributed by atoms with van der Waals surface area (Å²) in [5.41, 5.74) is 3.59. The Labute approximate surface area is 194 Å². The lowest BCUT2D eigenvalue weighted by Crippen LogP contribution is -2.20. The third kappa shape index (κ3) is 4.53. The maximum atomic E-state index is 12.9. The van der Waals surface area contributed by atoms with Crippen molar-refractivity contribution < 1.29 is 13.2 Å². The van der Waals surface area contributed by atoms with E-state index < -0.39 is 21.4 Å². The molecule has 6 nitrogen and oxygen atoms in total. The number of Topliss-reactive ketones (excluding diaryl/α,β-unsaturated/α-hetero) is 1. The van der Waals surface area contributed by atoms with Gasteiger partial charge in [-0.2, -0.15) is 0 Å². The van der Waals surface area contributed by atoms with E-state index in [0.29, 0.717) is 26.5 Å². The second-order valence-electron chi connectivity index (χ2n) is 7.59.